The van der Waals surface area contributed by atoms with E-state index in [1.165, 1.54) is 4.90 Å². The molecule has 1 fully saturated rings. The molecule has 1 saturated heterocycles. The monoisotopic (exact) mass is 262 g/mol. The van der Waals surface area contributed by atoms with Crippen molar-refractivity contribution in [2.45, 2.75) is 38.1 Å². The molecule has 0 spiro atoms. The number of nitrogens with zero attached hydrogens (tertiary/aromatic N) is 2. The van der Waals surface area contributed by atoms with Crippen LogP contribution in [0.15, 0.2) is 24.4 Å². The smallest absolute Gasteiger partial charge is 0.329 e. The summed E-state index contributed by atoms with van der Waals surface area (Å²) in [7, 11) is 0. The van der Waals surface area contributed by atoms with E-state index in [1.54, 1.807) is 24.4 Å². The van der Waals surface area contributed by atoms with Gasteiger partial charge >= 0.3 is 5.97 Å². The number of carboxylic acids is 1. The number of hydrogen-bond donors (Lipinski definition) is 1. The molecule has 1 atom stereocenters. The van der Waals surface area contributed by atoms with E-state index < -0.39 is 11.5 Å². The molecule has 19 heavy (non-hydrogen) atoms. The third-order valence-corrected chi connectivity index (χ3v) is 3.68. The Kier molecular flexibility index (Phi) is 3.83. The molecule has 2 rings (SSSR count). The summed E-state index contributed by atoms with van der Waals surface area (Å²) >= 11 is 0. The summed E-state index contributed by atoms with van der Waals surface area (Å²) in [6.07, 6.45) is 4.02. The second-order valence-corrected chi connectivity index (χ2v) is 4.86. The van der Waals surface area contributed by atoms with Crippen molar-refractivity contribution in [3.05, 3.63) is 30.1 Å². The fraction of sp³-hybridized carbons (Fsp3) is 0.500. The van der Waals surface area contributed by atoms with Crippen molar-refractivity contribution in [3.8, 4) is 0 Å². The average Bonchev–Trinajstić information content (AvgIpc) is 2.84. The number of carboxylic acid groups (broad SMARTS) is 1. The van der Waals surface area contributed by atoms with Crippen molar-refractivity contribution in [2.24, 2.45) is 0 Å². The molecule has 0 aliphatic carbocycles. The van der Waals surface area contributed by atoms with Gasteiger partial charge in [0.1, 0.15) is 11.2 Å². The number of carbonyl (C=O) groups excluding carboxylic acids is 1. The molecule has 1 N–H and O–H groups in total. The molecule has 5 heteroatoms. The van der Waals surface area contributed by atoms with Gasteiger partial charge in [0.05, 0.1) is 0 Å². The highest BCUT2D eigenvalue weighted by atomic mass is 16.4. The number of aromatic nitrogens is 1. The highest BCUT2D eigenvalue weighted by Crippen LogP contribution is 2.34. The van der Waals surface area contributed by atoms with Crippen molar-refractivity contribution >= 4 is 11.9 Å². The first-order valence-corrected chi connectivity index (χ1v) is 6.58. The van der Waals surface area contributed by atoms with Crippen LogP contribution in [0.5, 0.6) is 0 Å². The number of aliphatic carboxylic acids is 1. The van der Waals surface area contributed by atoms with Gasteiger partial charge in [0.15, 0.2) is 0 Å². The highest BCUT2D eigenvalue weighted by molar-refractivity contribution is 5.96. The van der Waals surface area contributed by atoms with E-state index in [1.807, 2.05) is 6.92 Å². The average molecular weight is 262 g/mol. The van der Waals surface area contributed by atoms with Crippen molar-refractivity contribution in [1.82, 2.24) is 9.88 Å². The van der Waals surface area contributed by atoms with Crippen molar-refractivity contribution in [2.75, 3.05) is 6.54 Å². The first kappa shape index (κ1) is 13.5. The van der Waals surface area contributed by atoms with E-state index in [0.29, 0.717) is 25.1 Å². The van der Waals surface area contributed by atoms with Gasteiger partial charge in [-0.05, 0) is 31.4 Å². The second-order valence-electron chi connectivity index (χ2n) is 4.86. The summed E-state index contributed by atoms with van der Waals surface area (Å²) in [5, 5.41) is 9.55. The number of carbonyl (C=O) groups is 2. The number of amides is 1. The summed E-state index contributed by atoms with van der Waals surface area (Å²) in [5.41, 5.74) is -0.741. The molecule has 0 aromatic carbocycles. The van der Waals surface area contributed by atoms with Crippen LogP contribution in [0.3, 0.4) is 0 Å². The highest BCUT2D eigenvalue weighted by Gasteiger charge is 2.49. The minimum Gasteiger partial charge on any atom is -0.479 e. The first-order valence-electron chi connectivity index (χ1n) is 6.58. The molecule has 1 unspecified atom stereocenters. The lowest BCUT2D eigenvalue weighted by Crippen LogP contribution is -2.53. The molecule has 1 aromatic rings. The van der Waals surface area contributed by atoms with E-state index in [0.717, 1.165) is 12.8 Å². The van der Waals surface area contributed by atoms with Gasteiger partial charge in [0, 0.05) is 12.7 Å². The zero-order valence-corrected chi connectivity index (χ0v) is 11.0. The Morgan fingerprint density at radius 2 is 2.26 bits per heavy atom. The maximum atomic E-state index is 12.4. The van der Waals surface area contributed by atoms with E-state index >= 15 is 0 Å². The van der Waals surface area contributed by atoms with Crippen LogP contribution in [0, 0.1) is 0 Å². The topological polar surface area (TPSA) is 70.5 Å². The minimum atomic E-state index is -1.05. The standard InChI is InChI=1S/C14H18N2O3/c1-2-7-14(13(18)19)8-5-10-16(14)12(17)11-6-3-4-9-15-11/h3-4,6,9H,2,5,7-8,10H2,1H3,(H,18,19). The van der Waals surface area contributed by atoms with Crippen LogP contribution < -0.4 is 0 Å². The SMILES string of the molecule is CCCC1(C(=O)O)CCCN1C(=O)c1ccccn1. The van der Waals surface area contributed by atoms with E-state index in [-0.39, 0.29) is 5.91 Å². The van der Waals surface area contributed by atoms with Crippen LogP contribution in [-0.2, 0) is 4.79 Å². The molecule has 1 aliphatic heterocycles. The van der Waals surface area contributed by atoms with E-state index in [9.17, 15) is 14.7 Å². The van der Waals surface area contributed by atoms with Crippen LogP contribution in [0.25, 0.3) is 0 Å². The maximum absolute atomic E-state index is 12.4. The van der Waals surface area contributed by atoms with Gasteiger partial charge in [0.2, 0.25) is 0 Å². The van der Waals surface area contributed by atoms with Gasteiger partial charge in [-0.3, -0.25) is 9.78 Å². The molecule has 5 nitrogen and oxygen atoms in total. The van der Waals surface area contributed by atoms with E-state index in [2.05, 4.69) is 4.98 Å². The van der Waals surface area contributed by atoms with Crippen molar-refractivity contribution in [1.29, 1.82) is 0 Å². The third kappa shape index (κ3) is 2.32. The summed E-state index contributed by atoms with van der Waals surface area (Å²) < 4.78 is 0. The van der Waals surface area contributed by atoms with Crippen LogP contribution in [0.1, 0.15) is 43.1 Å². The number of rotatable bonds is 4. The van der Waals surface area contributed by atoms with Gasteiger partial charge in [0.25, 0.3) is 5.91 Å². The van der Waals surface area contributed by atoms with Crippen LogP contribution in [0.4, 0.5) is 0 Å². The zero-order valence-electron chi connectivity index (χ0n) is 11.0. The second kappa shape index (κ2) is 5.38. The van der Waals surface area contributed by atoms with Crippen molar-refractivity contribution in [3.63, 3.8) is 0 Å². The summed E-state index contributed by atoms with van der Waals surface area (Å²) in [5.74, 6) is -1.19. The Morgan fingerprint density at radius 1 is 1.47 bits per heavy atom. The molecule has 0 radical (unpaired) electrons. The van der Waals surface area contributed by atoms with Gasteiger partial charge in [-0.2, -0.15) is 0 Å². The number of likely N-dealkylation sites (tertiary alicyclic amines) is 1. The molecular weight excluding hydrogens is 244 g/mol. The van der Waals surface area contributed by atoms with Crippen molar-refractivity contribution < 1.29 is 14.7 Å². The first-order chi connectivity index (χ1) is 9.12. The molecule has 102 valence electrons. The Balaban J connectivity index is 2.32. The largest absolute Gasteiger partial charge is 0.479 e. The van der Waals surface area contributed by atoms with Gasteiger partial charge in [-0.15, -0.1) is 0 Å². The summed E-state index contributed by atoms with van der Waals surface area (Å²) in [6, 6.07) is 5.09. The van der Waals surface area contributed by atoms with Gasteiger partial charge in [-0.1, -0.05) is 19.4 Å². The zero-order chi connectivity index (χ0) is 13.9. The summed E-state index contributed by atoms with van der Waals surface area (Å²) in [4.78, 5) is 29.6. The molecule has 1 aliphatic rings. The minimum absolute atomic E-state index is 0.283. The molecule has 0 saturated carbocycles. The quantitative estimate of drug-likeness (QED) is 0.900. The Bertz CT molecular complexity index is 475. The normalized spacial score (nSPS) is 22.5. The maximum Gasteiger partial charge on any atom is 0.329 e. The predicted octanol–water partition coefficient (Wildman–Crippen LogP) is 1.94. The van der Waals surface area contributed by atoms with Crippen LogP contribution in [0.2, 0.25) is 0 Å². The van der Waals surface area contributed by atoms with Gasteiger partial charge < -0.3 is 10.0 Å². The van der Waals surface area contributed by atoms with E-state index in [4.69, 9.17) is 0 Å². The Morgan fingerprint density at radius 3 is 2.84 bits per heavy atom. The summed E-state index contributed by atoms with van der Waals surface area (Å²) in [6.45, 7) is 2.42. The molecule has 1 aromatic heterocycles. The molecular formula is C14H18N2O3. The number of pyridine rings is 1. The lowest BCUT2D eigenvalue weighted by molar-refractivity contribution is -0.148. The predicted molar refractivity (Wildman–Crippen MR) is 69.8 cm³/mol. The fourth-order valence-corrected chi connectivity index (χ4v) is 2.80. The Hall–Kier alpha value is -1.91. The Labute approximate surface area is 112 Å². The van der Waals surface area contributed by atoms with Gasteiger partial charge in [-0.25, -0.2) is 4.79 Å². The molecule has 2 heterocycles. The number of hydrogen-bond acceptors (Lipinski definition) is 3. The van der Waals surface area contributed by atoms with Crippen LogP contribution >= 0.6 is 0 Å². The molecule has 0 bridgehead atoms. The molecule has 1 amide bonds. The lowest BCUT2D eigenvalue weighted by Gasteiger charge is -2.34. The lowest BCUT2D eigenvalue weighted by atomic mass is 9.90. The van der Waals surface area contributed by atoms with Crippen LogP contribution in [-0.4, -0.2) is 39.0 Å². The third-order valence-electron chi connectivity index (χ3n) is 3.68. The fourth-order valence-electron chi connectivity index (χ4n) is 2.80.